The normalized spacial score (nSPS) is 18.8. The van der Waals surface area contributed by atoms with Crippen LogP contribution in [0.5, 0.6) is 0 Å². The first-order valence-corrected chi connectivity index (χ1v) is 6.92. The highest BCUT2D eigenvalue weighted by molar-refractivity contribution is 5.96. The number of aryl methyl sites for hydroxylation is 1. The van der Waals surface area contributed by atoms with Crippen LogP contribution in [0.1, 0.15) is 28.2 Å². The van der Waals surface area contributed by atoms with E-state index in [0.29, 0.717) is 18.7 Å². The Kier molecular flexibility index (Phi) is 4.21. The van der Waals surface area contributed by atoms with Gasteiger partial charge < -0.3 is 15.2 Å². The Bertz CT molecular complexity index is 607. The minimum Gasteiger partial charge on any atom is -0.369 e. The molecule has 1 aliphatic heterocycles. The van der Waals surface area contributed by atoms with Crippen molar-refractivity contribution in [2.45, 2.75) is 33.0 Å². The van der Waals surface area contributed by atoms with Crippen LogP contribution in [0.25, 0.3) is 0 Å². The number of hydrogen-bond donors (Lipinski definition) is 1. The SMILES string of the molecule is Cc1cc(C(=O)N2CC[C@@H](C(N)=O)C2)c(C)n1CC(F)(F)F. The van der Waals surface area contributed by atoms with Crippen LogP contribution in [0.4, 0.5) is 13.2 Å². The molecule has 0 spiro atoms. The summed E-state index contributed by atoms with van der Waals surface area (Å²) in [5.41, 5.74) is 6.12. The third-order valence-electron chi connectivity index (χ3n) is 4.02. The molecule has 0 aromatic carbocycles. The Hall–Kier alpha value is -1.99. The first-order valence-electron chi connectivity index (χ1n) is 6.92. The maximum Gasteiger partial charge on any atom is 0.406 e. The number of halogens is 3. The number of rotatable bonds is 3. The predicted molar refractivity (Wildman–Crippen MR) is 73.2 cm³/mol. The van der Waals surface area contributed by atoms with Crippen LogP contribution in [0.2, 0.25) is 0 Å². The van der Waals surface area contributed by atoms with E-state index in [2.05, 4.69) is 0 Å². The van der Waals surface area contributed by atoms with Crippen LogP contribution < -0.4 is 5.73 Å². The van der Waals surface area contributed by atoms with Gasteiger partial charge in [-0.2, -0.15) is 13.2 Å². The molecule has 1 aromatic rings. The summed E-state index contributed by atoms with van der Waals surface area (Å²) in [6, 6.07) is 1.46. The van der Waals surface area contributed by atoms with Gasteiger partial charge in [-0.15, -0.1) is 0 Å². The summed E-state index contributed by atoms with van der Waals surface area (Å²) in [5, 5.41) is 0. The lowest BCUT2D eigenvalue weighted by Gasteiger charge is -2.16. The van der Waals surface area contributed by atoms with Gasteiger partial charge in [-0.05, 0) is 26.3 Å². The van der Waals surface area contributed by atoms with Gasteiger partial charge in [-0.1, -0.05) is 0 Å². The Labute approximate surface area is 125 Å². The smallest absolute Gasteiger partial charge is 0.369 e. The number of aromatic nitrogens is 1. The molecule has 1 aromatic heterocycles. The lowest BCUT2D eigenvalue weighted by molar-refractivity contribution is -0.141. The van der Waals surface area contributed by atoms with Crippen molar-refractivity contribution in [1.82, 2.24) is 9.47 Å². The molecule has 0 unspecified atom stereocenters. The highest BCUT2D eigenvalue weighted by atomic mass is 19.4. The number of alkyl halides is 3. The number of likely N-dealkylation sites (tertiary alicyclic amines) is 1. The summed E-state index contributed by atoms with van der Waals surface area (Å²) >= 11 is 0. The van der Waals surface area contributed by atoms with Gasteiger partial charge in [-0.25, -0.2) is 0 Å². The predicted octanol–water partition coefficient (Wildman–Crippen LogP) is 1.61. The van der Waals surface area contributed by atoms with Crippen molar-refractivity contribution in [3.63, 3.8) is 0 Å². The van der Waals surface area contributed by atoms with Gasteiger partial charge in [-0.3, -0.25) is 9.59 Å². The van der Waals surface area contributed by atoms with Crippen molar-refractivity contribution >= 4 is 11.8 Å². The van der Waals surface area contributed by atoms with E-state index in [9.17, 15) is 22.8 Å². The Morgan fingerprint density at radius 1 is 1.36 bits per heavy atom. The Balaban J connectivity index is 2.21. The molecule has 2 heterocycles. The zero-order valence-corrected chi connectivity index (χ0v) is 12.4. The molecular formula is C14H18F3N3O2. The first-order chi connectivity index (χ1) is 10.1. The highest BCUT2D eigenvalue weighted by Crippen LogP contribution is 2.25. The molecule has 2 rings (SSSR count). The van der Waals surface area contributed by atoms with Crippen LogP contribution in [0.3, 0.4) is 0 Å². The number of amides is 2. The molecule has 5 nitrogen and oxygen atoms in total. The molecule has 22 heavy (non-hydrogen) atoms. The molecule has 1 saturated heterocycles. The van der Waals surface area contributed by atoms with Gasteiger partial charge in [0.1, 0.15) is 6.54 Å². The number of nitrogens with two attached hydrogens (primary N) is 1. The third-order valence-corrected chi connectivity index (χ3v) is 4.02. The quantitative estimate of drug-likeness (QED) is 0.920. The lowest BCUT2D eigenvalue weighted by atomic mass is 10.1. The van der Waals surface area contributed by atoms with Crippen molar-refractivity contribution in [2.75, 3.05) is 13.1 Å². The van der Waals surface area contributed by atoms with Gasteiger partial charge in [0.05, 0.1) is 11.5 Å². The van der Waals surface area contributed by atoms with Crippen LogP contribution in [0.15, 0.2) is 6.07 Å². The average Bonchev–Trinajstić information content (AvgIpc) is 2.97. The second kappa shape index (κ2) is 5.66. The van der Waals surface area contributed by atoms with Crippen LogP contribution in [0, 0.1) is 19.8 Å². The van der Waals surface area contributed by atoms with E-state index in [-0.39, 0.29) is 29.6 Å². The first kappa shape index (κ1) is 16.4. The van der Waals surface area contributed by atoms with Crippen molar-refractivity contribution < 1.29 is 22.8 Å². The Morgan fingerprint density at radius 3 is 2.50 bits per heavy atom. The number of primary amides is 1. The molecule has 8 heteroatoms. The summed E-state index contributed by atoms with van der Waals surface area (Å²) < 4.78 is 38.8. The molecule has 1 atom stereocenters. The molecule has 0 radical (unpaired) electrons. The fourth-order valence-electron chi connectivity index (χ4n) is 2.79. The molecule has 0 saturated carbocycles. The molecule has 2 N–H and O–H groups in total. The molecule has 0 bridgehead atoms. The maximum atomic E-state index is 12.6. The van der Waals surface area contributed by atoms with Gasteiger partial charge in [0.15, 0.2) is 0 Å². The standard InChI is InChI=1S/C14H18F3N3O2/c1-8-5-11(9(2)20(8)7-14(15,16)17)13(22)19-4-3-10(6-19)12(18)21/h5,10H,3-4,6-7H2,1-2H3,(H2,18,21)/t10-/m1/s1. The lowest BCUT2D eigenvalue weighted by Crippen LogP contribution is -2.32. The highest BCUT2D eigenvalue weighted by Gasteiger charge is 2.33. The van der Waals surface area contributed by atoms with Crippen LogP contribution >= 0.6 is 0 Å². The van der Waals surface area contributed by atoms with Crippen LogP contribution in [-0.2, 0) is 11.3 Å². The van der Waals surface area contributed by atoms with E-state index >= 15 is 0 Å². The molecular weight excluding hydrogens is 299 g/mol. The molecule has 0 aliphatic carbocycles. The number of nitrogens with zero attached hydrogens (tertiary/aromatic N) is 2. The third kappa shape index (κ3) is 3.26. The maximum absolute atomic E-state index is 12.6. The van der Waals surface area contributed by atoms with E-state index < -0.39 is 18.6 Å². The number of carbonyl (C=O) groups excluding carboxylic acids is 2. The average molecular weight is 317 g/mol. The zero-order chi connectivity index (χ0) is 16.7. The van der Waals surface area contributed by atoms with Crippen molar-refractivity contribution in [3.8, 4) is 0 Å². The fourth-order valence-corrected chi connectivity index (χ4v) is 2.79. The summed E-state index contributed by atoms with van der Waals surface area (Å²) in [7, 11) is 0. The van der Waals surface area contributed by atoms with Gasteiger partial charge in [0.25, 0.3) is 5.91 Å². The van der Waals surface area contributed by atoms with Gasteiger partial charge in [0.2, 0.25) is 5.91 Å². The summed E-state index contributed by atoms with van der Waals surface area (Å²) in [6.07, 6.45) is -3.86. The van der Waals surface area contributed by atoms with Gasteiger partial charge >= 0.3 is 6.18 Å². The summed E-state index contributed by atoms with van der Waals surface area (Å²) in [4.78, 5) is 25.1. The number of hydrogen-bond acceptors (Lipinski definition) is 2. The zero-order valence-electron chi connectivity index (χ0n) is 12.4. The van der Waals surface area contributed by atoms with E-state index in [0.717, 1.165) is 4.57 Å². The molecule has 1 aliphatic rings. The number of carbonyl (C=O) groups is 2. The van der Waals surface area contributed by atoms with Crippen molar-refractivity contribution in [3.05, 3.63) is 23.0 Å². The van der Waals surface area contributed by atoms with E-state index in [1.807, 2.05) is 0 Å². The molecule has 2 amide bonds. The van der Waals surface area contributed by atoms with E-state index in [4.69, 9.17) is 5.73 Å². The van der Waals surface area contributed by atoms with Crippen molar-refractivity contribution in [2.24, 2.45) is 11.7 Å². The fraction of sp³-hybridized carbons (Fsp3) is 0.571. The van der Waals surface area contributed by atoms with Crippen molar-refractivity contribution in [1.29, 1.82) is 0 Å². The Morgan fingerprint density at radius 2 is 2.00 bits per heavy atom. The molecule has 1 fully saturated rings. The second-order valence-corrected chi connectivity index (χ2v) is 5.63. The van der Waals surface area contributed by atoms with Crippen LogP contribution in [-0.4, -0.2) is 40.5 Å². The largest absolute Gasteiger partial charge is 0.406 e. The van der Waals surface area contributed by atoms with E-state index in [1.54, 1.807) is 0 Å². The minimum absolute atomic E-state index is 0.219. The molecule has 122 valence electrons. The van der Waals surface area contributed by atoms with E-state index in [1.165, 1.54) is 24.8 Å². The summed E-state index contributed by atoms with van der Waals surface area (Å²) in [5.74, 6) is -1.20. The minimum atomic E-state index is -4.35. The second-order valence-electron chi connectivity index (χ2n) is 5.63. The monoisotopic (exact) mass is 317 g/mol. The topological polar surface area (TPSA) is 68.3 Å². The van der Waals surface area contributed by atoms with Gasteiger partial charge in [0, 0.05) is 24.5 Å². The summed E-state index contributed by atoms with van der Waals surface area (Å²) in [6.45, 7) is 2.51.